The van der Waals surface area contributed by atoms with Gasteiger partial charge in [0.1, 0.15) is 11.6 Å². The van der Waals surface area contributed by atoms with Crippen molar-refractivity contribution in [2.75, 3.05) is 12.4 Å². The Labute approximate surface area is 150 Å². The molecule has 2 rings (SSSR count). The topological polar surface area (TPSA) is 57.4 Å². The third-order valence-electron chi connectivity index (χ3n) is 2.98. The summed E-state index contributed by atoms with van der Waals surface area (Å²) in [7, 11) is 1.60. The molecule has 24 heavy (non-hydrogen) atoms. The van der Waals surface area contributed by atoms with Crippen molar-refractivity contribution in [3.8, 4) is 5.75 Å². The van der Waals surface area contributed by atoms with Gasteiger partial charge in [0.25, 0.3) is 0 Å². The van der Waals surface area contributed by atoms with E-state index in [2.05, 4.69) is 21.5 Å². The van der Waals surface area contributed by atoms with Crippen LogP contribution >= 0.6 is 24.4 Å². The molecule has 0 saturated heterocycles. The first-order chi connectivity index (χ1) is 11.6. The normalized spacial score (nSPS) is 9.75. The third kappa shape index (κ3) is 5.98. The van der Waals surface area contributed by atoms with Gasteiger partial charge in [0.05, 0.1) is 7.11 Å². The number of hydrogen-bond donors (Lipinski definition) is 4. The van der Waals surface area contributed by atoms with Crippen molar-refractivity contribution < 1.29 is 9.13 Å². The fraction of sp³-hybridized carbons (Fsp3) is 0.125. The van der Waals surface area contributed by atoms with Crippen LogP contribution in [-0.2, 0) is 6.54 Å². The molecule has 0 aliphatic rings. The molecule has 8 heteroatoms. The van der Waals surface area contributed by atoms with Gasteiger partial charge in [-0.05, 0) is 54.3 Å². The minimum Gasteiger partial charge on any atom is -0.497 e. The molecule has 0 aliphatic carbocycles. The number of rotatable bonds is 4. The van der Waals surface area contributed by atoms with E-state index in [4.69, 9.17) is 29.2 Å². The summed E-state index contributed by atoms with van der Waals surface area (Å²) in [5.74, 6) is 0.460. The Hall–Kier alpha value is -2.45. The Morgan fingerprint density at radius 1 is 1.04 bits per heavy atom. The standard InChI is InChI=1S/C16H17FN4OS2/c1-22-14-4-2-3-13(9-14)19-16(24)21-20-15(23)18-10-11-5-7-12(17)8-6-11/h2-9H,10H2,1H3,(H2,18,20,23)(H2,19,21,24). The molecule has 5 nitrogen and oxygen atoms in total. The van der Waals surface area contributed by atoms with Crippen LogP contribution in [0.5, 0.6) is 5.75 Å². The maximum atomic E-state index is 12.8. The summed E-state index contributed by atoms with van der Waals surface area (Å²) in [4.78, 5) is 0. The van der Waals surface area contributed by atoms with Crippen LogP contribution in [0.3, 0.4) is 0 Å². The lowest BCUT2D eigenvalue weighted by Crippen LogP contribution is -2.47. The molecular weight excluding hydrogens is 347 g/mol. The van der Waals surface area contributed by atoms with Crippen LogP contribution in [0, 0.1) is 5.82 Å². The Morgan fingerprint density at radius 3 is 2.46 bits per heavy atom. The maximum absolute atomic E-state index is 12.8. The summed E-state index contributed by atoms with van der Waals surface area (Å²) >= 11 is 10.3. The molecule has 2 aromatic carbocycles. The first-order valence-electron chi connectivity index (χ1n) is 7.06. The minimum atomic E-state index is -0.268. The van der Waals surface area contributed by atoms with Crippen molar-refractivity contribution in [2.45, 2.75) is 6.54 Å². The fourth-order valence-electron chi connectivity index (χ4n) is 1.81. The van der Waals surface area contributed by atoms with Crippen molar-refractivity contribution >= 4 is 40.3 Å². The minimum absolute atomic E-state index is 0.268. The number of anilines is 1. The van der Waals surface area contributed by atoms with Gasteiger partial charge in [0.2, 0.25) is 0 Å². The van der Waals surface area contributed by atoms with Gasteiger partial charge < -0.3 is 15.4 Å². The monoisotopic (exact) mass is 364 g/mol. The summed E-state index contributed by atoms with van der Waals surface area (Å²) in [5, 5.41) is 6.71. The highest BCUT2D eigenvalue weighted by Crippen LogP contribution is 2.16. The van der Waals surface area contributed by atoms with Gasteiger partial charge in [-0.25, -0.2) is 4.39 Å². The van der Waals surface area contributed by atoms with E-state index in [1.165, 1.54) is 12.1 Å². The maximum Gasteiger partial charge on any atom is 0.189 e. The van der Waals surface area contributed by atoms with E-state index in [0.29, 0.717) is 16.8 Å². The number of thiocarbonyl (C=S) groups is 2. The molecular formula is C16H17FN4OS2. The van der Waals surface area contributed by atoms with Crippen molar-refractivity contribution in [3.63, 3.8) is 0 Å². The molecule has 2 aromatic rings. The number of methoxy groups -OCH3 is 1. The number of hydrazine groups is 1. The van der Waals surface area contributed by atoms with Crippen LogP contribution in [0.4, 0.5) is 10.1 Å². The van der Waals surface area contributed by atoms with Gasteiger partial charge in [-0.2, -0.15) is 0 Å². The molecule has 126 valence electrons. The first kappa shape index (κ1) is 17.9. The van der Waals surface area contributed by atoms with Crippen molar-refractivity contribution in [1.29, 1.82) is 0 Å². The summed E-state index contributed by atoms with van der Waals surface area (Å²) in [6.45, 7) is 0.476. The van der Waals surface area contributed by atoms with E-state index in [0.717, 1.165) is 17.0 Å². The second-order valence-electron chi connectivity index (χ2n) is 4.75. The molecule has 0 heterocycles. The lowest BCUT2D eigenvalue weighted by molar-refractivity contribution is 0.415. The summed E-state index contributed by atoms with van der Waals surface area (Å²) in [6.07, 6.45) is 0. The van der Waals surface area contributed by atoms with Crippen molar-refractivity contribution in [1.82, 2.24) is 16.2 Å². The molecule has 0 radical (unpaired) electrons. The summed E-state index contributed by atoms with van der Waals surface area (Å²) in [5.41, 5.74) is 7.26. The third-order valence-corrected chi connectivity index (χ3v) is 3.43. The average molecular weight is 364 g/mol. The predicted octanol–water partition coefficient (Wildman–Crippen LogP) is 2.70. The van der Waals surface area contributed by atoms with Gasteiger partial charge in [0.15, 0.2) is 10.2 Å². The number of ether oxygens (including phenoxy) is 1. The lowest BCUT2D eigenvalue weighted by Gasteiger charge is -2.14. The van der Waals surface area contributed by atoms with Crippen LogP contribution in [0.25, 0.3) is 0 Å². The predicted molar refractivity (Wildman–Crippen MR) is 101 cm³/mol. The molecule has 0 fully saturated rings. The number of benzene rings is 2. The largest absolute Gasteiger partial charge is 0.497 e. The van der Waals surface area contributed by atoms with E-state index >= 15 is 0 Å². The zero-order valence-electron chi connectivity index (χ0n) is 12.9. The molecule has 0 spiro atoms. The smallest absolute Gasteiger partial charge is 0.189 e. The number of hydrogen-bond acceptors (Lipinski definition) is 3. The van der Waals surface area contributed by atoms with E-state index < -0.39 is 0 Å². The fourth-order valence-corrected chi connectivity index (χ4v) is 2.10. The zero-order valence-corrected chi connectivity index (χ0v) is 14.6. The Kier molecular flexibility index (Phi) is 6.71. The van der Waals surface area contributed by atoms with Crippen LogP contribution in [-0.4, -0.2) is 17.3 Å². The van der Waals surface area contributed by atoms with E-state index in [1.807, 2.05) is 24.3 Å². The zero-order chi connectivity index (χ0) is 17.4. The Bertz CT molecular complexity index is 709. The molecule has 0 amide bonds. The average Bonchev–Trinajstić information content (AvgIpc) is 2.59. The summed E-state index contributed by atoms with van der Waals surface area (Å²) < 4.78 is 18.0. The van der Waals surface area contributed by atoms with Gasteiger partial charge in [0, 0.05) is 18.3 Å². The van der Waals surface area contributed by atoms with Crippen LogP contribution in [0.15, 0.2) is 48.5 Å². The highest BCUT2D eigenvalue weighted by atomic mass is 32.1. The second kappa shape index (κ2) is 8.99. The van der Waals surface area contributed by atoms with E-state index in [1.54, 1.807) is 19.2 Å². The number of halogens is 1. The SMILES string of the molecule is COc1cccc(NC(=S)NNC(=S)NCc2ccc(F)cc2)c1. The highest BCUT2D eigenvalue weighted by molar-refractivity contribution is 7.80. The van der Waals surface area contributed by atoms with Gasteiger partial charge in [-0.1, -0.05) is 18.2 Å². The molecule has 0 saturated carbocycles. The first-order valence-corrected chi connectivity index (χ1v) is 7.88. The lowest BCUT2D eigenvalue weighted by atomic mass is 10.2. The molecule has 0 bridgehead atoms. The Balaban J connectivity index is 1.72. The van der Waals surface area contributed by atoms with Gasteiger partial charge in [-0.3, -0.25) is 10.9 Å². The van der Waals surface area contributed by atoms with Crippen LogP contribution in [0.2, 0.25) is 0 Å². The molecule has 0 unspecified atom stereocenters. The Morgan fingerprint density at radius 2 is 1.75 bits per heavy atom. The number of nitrogens with one attached hydrogen (secondary N) is 4. The van der Waals surface area contributed by atoms with E-state index in [-0.39, 0.29) is 5.82 Å². The molecule has 0 atom stereocenters. The highest BCUT2D eigenvalue weighted by Gasteiger charge is 2.01. The summed E-state index contributed by atoms with van der Waals surface area (Å²) in [6, 6.07) is 13.6. The second-order valence-corrected chi connectivity index (χ2v) is 5.56. The van der Waals surface area contributed by atoms with Crippen molar-refractivity contribution in [2.24, 2.45) is 0 Å². The van der Waals surface area contributed by atoms with Crippen LogP contribution < -0.4 is 26.2 Å². The quantitative estimate of drug-likeness (QED) is 0.492. The molecule has 4 N–H and O–H groups in total. The van der Waals surface area contributed by atoms with E-state index in [9.17, 15) is 4.39 Å². The molecule has 0 aromatic heterocycles. The van der Waals surface area contributed by atoms with Crippen molar-refractivity contribution in [3.05, 3.63) is 59.9 Å². The van der Waals surface area contributed by atoms with Gasteiger partial charge >= 0.3 is 0 Å². The van der Waals surface area contributed by atoms with Gasteiger partial charge in [-0.15, -0.1) is 0 Å². The van der Waals surface area contributed by atoms with Crippen LogP contribution in [0.1, 0.15) is 5.56 Å². The molecule has 0 aliphatic heterocycles.